The minimum absolute atomic E-state index is 0.0269. The third kappa shape index (κ3) is 1.52. The number of cyclic esters (lactones) is 1. The van der Waals surface area contributed by atoms with Crippen LogP contribution in [0.25, 0.3) is 0 Å². The molecule has 1 heterocycles. The van der Waals surface area contributed by atoms with Crippen LogP contribution >= 0.6 is 0 Å². The Balaban J connectivity index is 2.91. The molecule has 74 valence electrons. The molecule has 0 spiro atoms. The summed E-state index contributed by atoms with van der Waals surface area (Å²) in [6, 6.07) is 0. The SMILES string of the molecule is COC1=CC(=O)OC1(O)C(C)CO. The van der Waals surface area contributed by atoms with Gasteiger partial charge in [0.2, 0.25) is 0 Å². The number of aliphatic hydroxyl groups is 2. The molecule has 2 N–H and O–H groups in total. The molecule has 1 aliphatic rings. The van der Waals surface area contributed by atoms with Crippen LogP contribution in [-0.2, 0) is 14.3 Å². The Bertz CT molecular complexity index is 247. The van der Waals surface area contributed by atoms with E-state index in [-0.39, 0.29) is 12.4 Å². The van der Waals surface area contributed by atoms with Crippen LogP contribution in [0.1, 0.15) is 6.92 Å². The van der Waals surface area contributed by atoms with Gasteiger partial charge in [0.1, 0.15) is 0 Å². The number of ether oxygens (including phenoxy) is 2. The number of carbonyl (C=O) groups is 1. The van der Waals surface area contributed by atoms with Gasteiger partial charge in [-0.1, -0.05) is 6.92 Å². The van der Waals surface area contributed by atoms with E-state index in [4.69, 9.17) is 9.84 Å². The third-order valence-corrected chi connectivity index (χ3v) is 2.02. The second-order valence-corrected chi connectivity index (χ2v) is 2.91. The lowest BCUT2D eigenvalue weighted by Gasteiger charge is -2.28. The first-order valence-corrected chi connectivity index (χ1v) is 3.87. The quantitative estimate of drug-likeness (QED) is 0.578. The highest BCUT2D eigenvalue weighted by molar-refractivity contribution is 5.85. The molecule has 0 saturated heterocycles. The minimum atomic E-state index is -1.82. The number of hydrogen-bond donors (Lipinski definition) is 2. The number of carbonyl (C=O) groups excluding carboxylic acids is 1. The maximum atomic E-state index is 10.8. The Hall–Kier alpha value is -1.07. The number of esters is 1. The number of hydrogen-bond acceptors (Lipinski definition) is 5. The van der Waals surface area contributed by atoms with Crippen molar-refractivity contribution in [3.8, 4) is 0 Å². The lowest BCUT2D eigenvalue weighted by Crippen LogP contribution is -2.41. The Morgan fingerprint density at radius 3 is 2.85 bits per heavy atom. The van der Waals surface area contributed by atoms with E-state index in [0.717, 1.165) is 6.08 Å². The van der Waals surface area contributed by atoms with Crippen LogP contribution in [0.2, 0.25) is 0 Å². The first-order chi connectivity index (χ1) is 6.04. The number of rotatable bonds is 3. The van der Waals surface area contributed by atoms with Crippen molar-refractivity contribution in [3.05, 3.63) is 11.8 Å². The fourth-order valence-corrected chi connectivity index (χ4v) is 1.12. The molecular weight excluding hydrogens is 176 g/mol. The van der Waals surface area contributed by atoms with Crippen molar-refractivity contribution in [1.82, 2.24) is 0 Å². The summed E-state index contributed by atoms with van der Waals surface area (Å²) in [7, 11) is 1.32. The van der Waals surface area contributed by atoms with Gasteiger partial charge in [0.15, 0.2) is 5.76 Å². The summed E-state index contributed by atoms with van der Waals surface area (Å²) >= 11 is 0. The summed E-state index contributed by atoms with van der Waals surface area (Å²) in [5, 5.41) is 18.6. The van der Waals surface area contributed by atoms with Crippen molar-refractivity contribution in [2.75, 3.05) is 13.7 Å². The molecule has 2 unspecified atom stereocenters. The van der Waals surface area contributed by atoms with E-state index >= 15 is 0 Å². The van der Waals surface area contributed by atoms with Gasteiger partial charge in [-0.3, -0.25) is 0 Å². The van der Waals surface area contributed by atoms with E-state index in [9.17, 15) is 9.90 Å². The number of methoxy groups -OCH3 is 1. The van der Waals surface area contributed by atoms with Crippen molar-refractivity contribution >= 4 is 5.97 Å². The second kappa shape index (κ2) is 3.35. The van der Waals surface area contributed by atoms with Gasteiger partial charge in [0.05, 0.1) is 25.7 Å². The molecule has 0 saturated carbocycles. The van der Waals surface area contributed by atoms with Gasteiger partial charge in [-0.2, -0.15) is 0 Å². The zero-order valence-corrected chi connectivity index (χ0v) is 7.48. The molecule has 0 fully saturated rings. The van der Waals surface area contributed by atoms with E-state index < -0.39 is 17.7 Å². The second-order valence-electron chi connectivity index (χ2n) is 2.91. The molecule has 0 bridgehead atoms. The van der Waals surface area contributed by atoms with Gasteiger partial charge in [-0.05, 0) is 0 Å². The summed E-state index contributed by atoms with van der Waals surface area (Å²) in [4.78, 5) is 10.8. The summed E-state index contributed by atoms with van der Waals surface area (Å²) in [6.07, 6.45) is 1.06. The zero-order valence-electron chi connectivity index (χ0n) is 7.48. The van der Waals surface area contributed by atoms with E-state index in [1.54, 1.807) is 6.92 Å². The highest BCUT2D eigenvalue weighted by atomic mass is 16.7. The van der Waals surface area contributed by atoms with Crippen LogP contribution in [0.4, 0.5) is 0 Å². The third-order valence-electron chi connectivity index (χ3n) is 2.02. The van der Waals surface area contributed by atoms with Crippen LogP contribution in [0.5, 0.6) is 0 Å². The molecule has 0 aromatic rings. The highest BCUT2D eigenvalue weighted by Gasteiger charge is 2.47. The molecular formula is C8H12O5. The van der Waals surface area contributed by atoms with Crippen molar-refractivity contribution in [1.29, 1.82) is 0 Å². The molecule has 5 nitrogen and oxygen atoms in total. The maximum Gasteiger partial charge on any atom is 0.337 e. The topological polar surface area (TPSA) is 76.0 Å². The molecule has 0 aromatic carbocycles. The molecule has 0 aliphatic carbocycles. The van der Waals surface area contributed by atoms with Gasteiger partial charge in [0, 0.05) is 0 Å². The number of aliphatic hydroxyl groups excluding tert-OH is 1. The molecule has 1 aliphatic heterocycles. The molecule has 5 heteroatoms. The fraction of sp³-hybridized carbons (Fsp3) is 0.625. The van der Waals surface area contributed by atoms with E-state index in [1.165, 1.54) is 7.11 Å². The van der Waals surface area contributed by atoms with Gasteiger partial charge >= 0.3 is 5.97 Å². The van der Waals surface area contributed by atoms with Crippen molar-refractivity contribution in [2.24, 2.45) is 5.92 Å². The zero-order chi connectivity index (χ0) is 10.1. The summed E-state index contributed by atoms with van der Waals surface area (Å²) in [6.45, 7) is 1.25. The Morgan fingerprint density at radius 2 is 2.38 bits per heavy atom. The Morgan fingerprint density at radius 1 is 1.77 bits per heavy atom. The van der Waals surface area contributed by atoms with Crippen LogP contribution < -0.4 is 0 Å². The first kappa shape index (κ1) is 10.0. The van der Waals surface area contributed by atoms with E-state index in [0.29, 0.717) is 0 Å². The van der Waals surface area contributed by atoms with Gasteiger partial charge in [-0.15, -0.1) is 0 Å². The van der Waals surface area contributed by atoms with Crippen LogP contribution in [0.3, 0.4) is 0 Å². The molecule has 2 atom stereocenters. The van der Waals surface area contributed by atoms with Crippen molar-refractivity contribution in [3.63, 3.8) is 0 Å². The highest BCUT2D eigenvalue weighted by Crippen LogP contribution is 2.32. The predicted molar refractivity (Wildman–Crippen MR) is 42.4 cm³/mol. The largest absolute Gasteiger partial charge is 0.494 e. The monoisotopic (exact) mass is 188 g/mol. The fourth-order valence-electron chi connectivity index (χ4n) is 1.12. The standard InChI is InChI=1S/C8H12O5/c1-5(4-9)8(11)6(12-2)3-7(10)13-8/h3,5,9,11H,4H2,1-2H3. The molecule has 13 heavy (non-hydrogen) atoms. The van der Waals surface area contributed by atoms with E-state index in [2.05, 4.69) is 4.74 Å². The molecule has 0 amide bonds. The molecule has 1 rings (SSSR count). The summed E-state index contributed by atoms with van der Waals surface area (Å²) < 4.78 is 9.42. The average molecular weight is 188 g/mol. The smallest absolute Gasteiger partial charge is 0.337 e. The average Bonchev–Trinajstić information content (AvgIpc) is 2.40. The van der Waals surface area contributed by atoms with Crippen molar-refractivity contribution in [2.45, 2.75) is 12.7 Å². The van der Waals surface area contributed by atoms with Crippen LogP contribution in [-0.4, -0.2) is 35.7 Å². The molecule has 0 radical (unpaired) electrons. The normalized spacial score (nSPS) is 29.5. The van der Waals surface area contributed by atoms with E-state index in [1.807, 2.05) is 0 Å². The Labute approximate surface area is 75.6 Å². The van der Waals surface area contributed by atoms with Gasteiger partial charge in [0.25, 0.3) is 5.79 Å². The lowest BCUT2D eigenvalue weighted by molar-refractivity contribution is -0.213. The van der Waals surface area contributed by atoms with Crippen LogP contribution in [0, 0.1) is 5.92 Å². The maximum absolute atomic E-state index is 10.8. The predicted octanol–water partition coefficient (Wildman–Crippen LogP) is -0.610. The van der Waals surface area contributed by atoms with Gasteiger partial charge in [-0.25, -0.2) is 4.79 Å². The summed E-state index contributed by atoms with van der Waals surface area (Å²) in [5.41, 5.74) is 0. The van der Waals surface area contributed by atoms with Gasteiger partial charge < -0.3 is 19.7 Å². The molecule has 0 aromatic heterocycles. The lowest BCUT2D eigenvalue weighted by atomic mass is 10.0. The minimum Gasteiger partial charge on any atom is -0.494 e. The Kier molecular flexibility index (Phi) is 2.58. The summed E-state index contributed by atoms with van der Waals surface area (Å²) in [5.74, 6) is -3.08. The first-order valence-electron chi connectivity index (χ1n) is 3.87. The van der Waals surface area contributed by atoms with Crippen LogP contribution in [0.15, 0.2) is 11.8 Å². The van der Waals surface area contributed by atoms with Crippen molar-refractivity contribution < 1.29 is 24.5 Å².